The second kappa shape index (κ2) is 5.97. The van der Waals surface area contributed by atoms with Crippen molar-refractivity contribution >= 4 is 5.78 Å². The molecule has 0 aliphatic rings. The lowest BCUT2D eigenvalue weighted by molar-refractivity contribution is -0.117. The number of nitrogens with two attached hydrogens (primary N) is 1. The molecule has 0 amide bonds. The predicted octanol–water partition coefficient (Wildman–Crippen LogP) is 3.49. The number of benzene rings is 1. The van der Waals surface area contributed by atoms with Crippen LogP contribution in [0.3, 0.4) is 0 Å². The Morgan fingerprint density at radius 1 is 1.35 bits per heavy atom. The molecule has 0 heterocycles. The van der Waals surface area contributed by atoms with Gasteiger partial charge in [-0.15, -0.1) is 0 Å². The Balaban J connectivity index is 2.87. The van der Waals surface area contributed by atoms with Crippen LogP contribution in [0.5, 0.6) is 0 Å². The maximum atomic E-state index is 11.0. The van der Waals surface area contributed by atoms with Crippen LogP contribution >= 0.6 is 0 Å². The lowest BCUT2D eigenvalue weighted by Crippen LogP contribution is -2.13. The van der Waals surface area contributed by atoms with E-state index in [1.165, 1.54) is 16.7 Å². The minimum Gasteiger partial charge on any atom is -0.324 e. The van der Waals surface area contributed by atoms with E-state index >= 15 is 0 Å². The van der Waals surface area contributed by atoms with Gasteiger partial charge < -0.3 is 10.5 Å². The van der Waals surface area contributed by atoms with E-state index in [1.807, 2.05) is 0 Å². The van der Waals surface area contributed by atoms with Crippen molar-refractivity contribution in [1.29, 1.82) is 0 Å². The average molecular weight is 233 g/mol. The minimum absolute atomic E-state index is 0.0300. The molecule has 94 valence electrons. The van der Waals surface area contributed by atoms with Gasteiger partial charge >= 0.3 is 0 Å². The fourth-order valence-corrected chi connectivity index (χ4v) is 1.93. The van der Waals surface area contributed by atoms with E-state index in [0.29, 0.717) is 12.3 Å². The van der Waals surface area contributed by atoms with Gasteiger partial charge in [-0.1, -0.05) is 32.0 Å². The van der Waals surface area contributed by atoms with Gasteiger partial charge in [0.05, 0.1) is 0 Å². The van der Waals surface area contributed by atoms with Gasteiger partial charge in [-0.05, 0) is 42.9 Å². The third-order valence-corrected chi connectivity index (χ3v) is 3.18. The van der Waals surface area contributed by atoms with Crippen molar-refractivity contribution in [1.82, 2.24) is 0 Å². The molecule has 0 radical (unpaired) electrons. The largest absolute Gasteiger partial charge is 0.324 e. The summed E-state index contributed by atoms with van der Waals surface area (Å²) in [5.41, 5.74) is 9.86. The molecule has 0 saturated heterocycles. The molecular formula is C15H23NO. The monoisotopic (exact) mass is 233 g/mol. The Morgan fingerprint density at radius 2 is 2.00 bits per heavy atom. The molecule has 1 aromatic carbocycles. The molecule has 0 spiro atoms. The van der Waals surface area contributed by atoms with Crippen LogP contribution in [-0.2, 0) is 4.79 Å². The third kappa shape index (κ3) is 3.97. The highest BCUT2D eigenvalue weighted by molar-refractivity contribution is 5.75. The number of hydrogen-bond donors (Lipinski definition) is 1. The Hall–Kier alpha value is -1.15. The van der Waals surface area contributed by atoms with Crippen molar-refractivity contribution in [3.05, 3.63) is 34.9 Å². The molecule has 1 rings (SSSR count). The minimum atomic E-state index is -0.0300. The first kappa shape index (κ1) is 13.9. The van der Waals surface area contributed by atoms with Crippen LogP contribution in [0.1, 0.15) is 62.3 Å². The summed E-state index contributed by atoms with van der Waals surface area (Å²) in [6.45, 7) is 8.04. The van der Waals surface area contributed by atoms with Crippen LogP contribution in [0.2, 0.25) is 0 Å². The zero-order valence-electron chi connectivity index (χ0n) is 11.3. The lowest BCUT2D eigenvalue weighted by atomic mass is 9.92. The van der Waals surface area contributed by atoms with Crippen molar-refractivity contribution in [3.63, 3.8) is 0 Å². The standard InChI is InChI=1S/C15H23NO/c1-10(2)13-7-5-11(3)14(9-13)15(16)8-6-12(4)17/h5,7,9-10,15H,6,8,16H2,1-4H3. The molecule has 0 saturated carbocycles. The van der Waals surface area contributed by atoms with Crippen molar-refractivity contribution in [2.24, 2.45) is 5.73 Å². The summed E-state index contributed by atoms with van der Waals surface area (Å²) >= 11 is 0. The SMILES string of the molecule is CC(=O)CCC(N)c1cc(C(C)C)ccc1C. The number of Topliss-reactive ketones (excluding diaryl/α,β-unsaturated/α-hetero) is 1. The highest BCUT2D eigenvalue weighted by Gasteiger charge is 2.11. The molecule has 1 atom stereocenters. The van der Waals surface area contributed by atoms with E-state index in [-0.39, 0.29) is 11.8 Å². The molecule has 0 aliphatic carbocycles. The van der Waals surface area contributed by atoms with Gasteiger partial charge in [-0.2, -0.15) is 0 Å². The topological polar surface area (TPSA) is 43.1 Å². The van der Waals surface area contributed by atoms with Gasteiger partial charge in [0.1, 0.15) is 5.78 Å². The van der Waals surface area contributed by atoms with Crippen LogP contribution in [0.25, 0.3) is 0 Å². The van der Waals surface area contributed by atoms with Crippen LogP contribution < -0.4 is 5.73 Å². The Labute approximate surface area is 104 Å². The highest BCUT2D eigenvalue weighted by Crippen LogP contribution is 2.24. The smallest absolute Gasteiger partial charge is 0.129 e. The fourth-order valence-electron chi connectivity index (χ4n) is 1.93. The number of carbonyl (C=O) groups is 1. The van der Waals surface area contributed by atoms with E-state index in [1.54, 1.807) is 6.92 Å². The van der Waals surface area contributed by atoms with Gasteiger partial charge in [0, 0.05) is 12.5 Å². The van der Waals surface area contributed by atoms with E-state index in [2.05, 4.69) is 39.0 Å². The maximum Gasteiger partial charge on any atom is 0.129 e. The molecule has 0 aromatic heterocycles. The van der Waals surface area contributed by atoms with Crippen LogP contribution in [-0.4, -0.2) is 5.78 Å². The van der Waals surface area contributed by atoms with Gasteiger partial charge in [-0.25, -0.2) is 0 Å². The van der Waals surface area contributed by atoms with Crippen molar-refractivity contribution in [3.8, 4) is 0 Å². The summed E-state index contributed by atoms with van der Waals surface area (Å²) in [6.07, 6.45) is 1.30. The quantitative estimate of drug-likeness (QED) is 0.846. The van der Waals surface area contributed by atoms with Crippen LogP contribution in [0.15, 0.2) is 18.2 Å². The van der Waals surface area contributed by atoms with E-state index in [0.717, 1.165) is 6.42 Å². The Kier molecular flexibility index (Phi) is 4.88. The molecule has 1 unspecified atom stereocenters. The molecule has 0 aliphatic heterocycles. The average Bonchev–Trinajstić information content (AvgIpc) is 2.26. The van der Waals surface area contributed by atoms with Crippen LogP contribution in [0, 0.1) is 6.92 Å². The molecule has 2 N–H and O–H groups in total. The predicted molar refractivity (Wildman–Crippen MR) is 72.1 cm³/mol. The Bertz CT molecular complexity index is 396. The zero-order chi connectivity index (χ0) is 13.0. The summed E-state index contributed by atoms with van der Waals surface area (Å²) in [5, 5.41) is 0. The second-order valence-electron chi connectivity index (χ2n) is 5.12. The molecular weight excluding hydrogens is 210 g/mol. The fraction of sp³-hybridized carbons (Fsp3) is 0.533. The van der Waals surface area contributed by atoms with E-state index < -0.39 is 0 Å². The summed E-state index contributed by atoms with van der Waals surface area (Å²) in [4.78, 5) is 11.0. The van der Waals surface area contributed by atoms with E-state index in [9.17, 15) is 4.79 Å². The number of carbonyl (C=O) groups excluding carboxylic acids is 1. The molecule has 17 heavy (non-hydrogen) atoms. The number of aryl methyl sites for hydroxylation is 1. The number of ketones is 1. The van der Waals surface area contributed by atoms with Crippen molar-refractivity contribution in [2.45, 2.75) is 52.5 Å². The van der Waals surface area contributed by atoms with Gasteiger partial charge in [0.2, 0.25) is 0 Å². The van der Waals surface area contributed by atoms with Crippen molar-refractivity contribution < 1.29 is 4.79 Å². The third-order valence-electron chi connectivity index (χ3n) is 3.18. The lowest BCUT2D eigenvalue weighted by Gasteiger charge is -2.17. The molecule has 2 heteroatoms. The first-order valence-electron chi connectivity index (χ1n) is 6.27. The molecule has 0 bridgehead atoms. The normalized spacial score (nSPS) is 12.8. The van der Waals surface area contributed by atoms with Crippen molar-refractivity contribution in [2.75, 3.05) is 0 Å². The summed E-state index contributed by atoms with van der Waals surface area (Å²) < 4.78 is 0. The van der Waals surface area contributed by atoms with Crippen LogP contribution in [0.4, 0.5) is 0 Å². The number of rotatable bonds is 5. The first-order chi connectivity index (χ1) is 7.91. The van der Waals surface area contributed by atoms with Gasteiger partial charge in [0.25, 0.3) is 0 Å². The molecule has 1 aromatic rings. The zero-order valence-corrected chi connectivity index (χ0v) is 11.3. The van der Waals surface area contributed by atoms with Gasteiger partial charge in [-0.3, -0.25) is 0 Å². The summed E-state index contributed by atoms with van der Waals surface area (Å²) in [6, 6.07) is 6.43. The summed E-state index contributed by atoms with van der Waals surface area (Å²) in [5.74, 6) is 0.715. The highest BCUT2D eigenvalue weighted by atomic mass is 16.1. The molecule has 0 fully saturated rings. The maximum absolute atomic E-state index is 11.0. The summed E-state index contributed by atoms with van der Waals surface area (Å²) in [7, 11) is 0. The number of hydrogen-bond acceptors (Lipinski definition) is 2. The molecule has 2 nitrogen and oxygen atoms in total. The van der Waals surface area contributed by atoms with Gasteiger partial charge in [0.15, 0.2) is 0 Å². The van der Waals surface area contributed by atoms with E-state index in [4.69, 9.17) is 5.73 Å². The Morgan fingerprint density at radius 3 is 2.53 bits per heavy atom. The first-order valence-corrected chi connectivity index (χ1v) is 6.27. The second-order valence-corrected chi connectivity index (χ2v) is 5.12.